The lowest BCUT2D eigenvalue weighted by Gasteiger charge is -2.23. The smallest absolute Gasteiger partial charge is 0.150 e. The number of nitrogens with zero attached hydrogens (tertiary/aromatic N) is 2. The van der Waals surface area contributed by atoms with E-state index in [-0.39, 0.29) is 5.54 Å². The molecular weight excluding hydrogens is 188 g/mol. The van der Waals surface area contributed by atoms with Crippen LogP contribution >= 0.6 is 0 Å². The summed E-state index contributed by atoms with van der Waals surface area (Å²) in [6.45, 7) is 5.24. The van der Waals surface area contributed by atoms with Crippen molar-refractivity contribution < 1.29 is 0 Å². The molecule has 82 valence electrons. The van der Waals surface area contributed by atoms with E-state index < -0.39 is 0 Å². The standard InChI is InChI=1S/C11H18N4/c1-8-7-9(12-3)15-10(14-8)11(2)5-4-6-13-11/h7,13H,4-6H2,1-3H3,(H,12,14,15)/t11-/m1/s1. The summed E-state index contributed by atoms with van der Waals surface area (Å²) in [5, 5.41) is 6.55. The maximum absolute atomic E-state index is 4.52. The van der Waals surface area contributed by atoms with Crippen molar-refractivity contribution in [3.8, 4) is 0 Å². The summed E-state index contributed by atoms with van der Waals surface area (Å²) >= 11 is 0. The molecule has 0 bridgehead atoms. The van der Waals surface area contributed by atoms with Crippen LogP contribution in [0.3, 0.4) is 0 Å². The maximum atomic E-state index is 4.52. The first-order valence-electron chi connectivity index (χ1n) is 5.43. The molecule has 1 atom stereocenters. The van der Waals surface area contributed by atoms with E-state index in [1.165, 1.54) is 6.42 Å². The fourth-order valence-corrected chi connectivity index (χ4v) is 2.03. The number of aromatic nitrogens is 2. The van der Waals surface area contributed by atoms with Gasteiger partial charge < -0.3 is 10.6 Å². The van der Waals surface area contributed by atoms with E-state index >= 15 is 0 Å². The van der Waals surface area contributed by atoms with Crippen molar-refractivity contribution in [3.05, 3.63) is 17.6 Å². The quantitative estimate of drug-likeness (QED) is 0.768. The third-order valence-corrected chi connectivity index (χ3v) is 2.97. The molecule has 4 heteroatoms. The van der Waals surface area contributed by atoms with E-state index in [1.807, 2.05) is 20.0 Å². The van der Waals surface area contributed by atoms with E-state index in [0.29, 0.717) is 0 Å². The Morgan fingerprint density at radius 1 is 1.47 bits per heavy atom. The zero-order valence-corrected chi connectivity index (χ0v) is 9.59. The molecule has 0 aromatic carbocycles. The fraction of sp³-hybridized carbons (Fsp3) is 0.636. The van der Waals surface area contributed by atoms with Crippen molar-refractivity contribution >= 4 is 5.82 Å². The number of hydrogen-bond donors (Lipinski definition) is 2. The Balaban J connectivity index is 2.38. The van der Waals surface area contributed by atoms with Gasteiger partial charge in [-0.2, -0.15) is 0 Å². The highest BCUT2D eigenvalue weighted by Crippen LogP contribution is 2.28. The van der Waals surface area contributed by atoms with Crippen molar-refractivity contribution in [2.45, 2.75) is 32.2 Å². The lowest BCUT2D eigenvalue weighted by Crippen LogP contribution is -2.35. The van der Waals surface area contributed by atoms with Gasteiger partial charge in [0.1, 0.15) is 5.82 Å². The van der Waals surface area contributed by atoms with Crippen LogP contribution < -0.4 is 10.6 Å². The van der Waals surface area contributed by atoms with Crippen LogP contribution in [0.1, 0.15) is 31.3 Å². The van der Waals surface area contributed by atoms with Gasteiger partial charge in [0.15, 0.2) is 5.82 Å². The molecule has 0 aliphatic carbocycles. The van der Waals surface area contributed by atoms with Crippen LogP contribution in [0.2, 0.25) is 0 Å². The number of rotatable bonds is 2. The molecule has 2 heterocycles. The van der Waals surface area contributed by atoms with E-state index in [9.17, 15) is 0 Å². The van der Waals surface area contributed by atoms with Gasteiger partial charge in [-0.25, -0.2) is 9.97 Å². The third-order valence-electron chi connectivity index (χ3n) is 2.97. The van der Waals surface area contributed by atoms with Gasteiger partial charge in [-0.1, -0.05) is 0 Å². The molecule has 1 aromatic heterocycles. The summed E-state index contributed by atoms with van der Waals surface area (Å²) in [5.41, 5.74) is 0.969. The Morgan fingerprint density at radius 3 is 2.87 bits per heavy atom. The Hall–Kier alpha value is -1.16. The van der Waals surface area contributed by atoms with Gasteiger partial charge in [0, 0.05) is 18.8 Å². The van der Waals surface area contributed by atoms with Crippen LogP contribution in [0.15, 0.2) is 6.07 Å². The van der Waals surface area contributed by atoms with Gasteiger partial charge >= 0.3 is 0 Å². The number of anilines is 1. The predicted molar refractivity (Wildman–Crippen MR) is 60.9 cm³/mol. The zero-order valence-electron chi connectivity index (χ0n) is 9.59. The molecule has 0 radical (unpaired) electrons. The van der Waals surface area contributed by atoms with Crippen LogP contribution in [0.5, 0.6) is 0 Å². The minimum Gasteiger partial charge on any atom is -0.373 e. The second-order valence-corrected chi connectivity index (χ2v) is 4.33. The largest absolute Gasteiger partial charge is 0.373 e. The first kappa shape index (κ1) is 10.4. The molecule has 0 amide bonds. The van der Waals surface area contributed by atoms with Crippen molar-refractivity contribution in [1.82, 2.24) is 15.3 Å². The molecule has 15 heavy (non-hydrogen) atoms. The minimum atomic E-state index is -0.0440. The van der Waals surface area contributed by atoms with Crippen molar-refractivity contribution in [3.63, 3.8) is 0 Å². The molecule has 1 saturated heterocycles. The molecule has 1 aromatic rings. The normalized spacial score (nSPS) is 25.5. The fourth-order valence-electron chi connectivity index (χ4n) is 2.03. The van der Waals surface area contributed by atoms with Gasteiger partial charge in [-0.05, 0) is 33.2 Å². The van der Waals surface area contributed by atoms with E-state index in [0.717, 1.165) is 30.3 Å². The molecule has 1 aliphatic rings. The van der Waals surface area contributed by atoms with E-state index in [4.69, 9.17) is 0 Å². The molecule has 0 unspecified atom stereocenters. The van der Waals surface area contributed by atoms with Crippen LogP contribution in [0.4, 0.5) is 5.82 Å². The molecule has 1 aliphatic heterocycles. The van der Waals surface area contributed by atoms with E-state index in [2.05, 4.69) is 27.5 Å². The van der Waals surface area contributed by atoms with Gasteiger partial charge in [0.25, 0.3) is 0 Å². The van der Waals surface area contributed by atoms with E-state index in [1.54, 1.807) is 0 Å². The maximum Gasteiger partial charge on any atom is 0.150 e. The predicted octanol–water partition coefficient (Wildman–Crippen LogP) is 1.43. The van der Waals surface area contributed by atoms with Crippen LogP contribution in [-0.2, 0) is 5.54 Å². The Bertz CT molecular complexity index is 356. The molecular formula is C11H18N4. The molecule has 0 saturated carbocycles. The molecule has 2 N–H and O–H groups in total. The van der Waals surface area contributed by atoms with Crippen molar-refractivity contribution in [1.29, 1.82) is 0 Å². The highest BCUT2D eigenvalue weighted by molar-refractivity contribution is 5.35. The van der Waals surface area contributed by atoms with Crippen LogP contribution in [-0.4, -0.2) is 23.6 Å². The Kier molecular flexibility index (Phi) is 2.61. The lowest BCUT2D eigenvalue weighted by molar-refractivity contribution is 0.406. The highest BCUT2D eigenvalue weighted by atomic mass is 15.1. The lowest BCUT2D eigenvalue weighted by atomic mass is 9.99. The van der Waals surface area contributed by atoms with Gasteiger partial charge in [-0.15, -0.1) is 0 Å². The Morgan fingerprint density at radius 2 is 2.27 bits per heavy atom. The molecule has 1 fully saturated rings. The second kappa shape index (κ2) is 3.77. The van der Waals surface area contributed by atoms with Crippen molar-refractivity contribution in [2.24, 2.45) is 0 Å². The summed E-state index contributed by atoms with van der Waals surface area (Å²) in [6, 6.07) is 1.96. The SMILES string of the molecule is CNc1cc(C)nc([C@@]2(C)CCCN2)n1. The number of hydrogen-bond acceptors (Lipinski definition) is 4. The van der Waals surface area contributed by atoms with Gasteiger partial charge in [0.2, 0.25) is 0 Å². The first-order chi connectivity index (χ1) is 7.14. The van der Waals surface area contributed by atoms with Crippen molar-refractivity contribution in [2.75, 3.05) is 18.9 Å². The summed E-state index contributed by atoms with van der Waals surface area (Å²) in [6.07, 6.45) is 2.31. The minimum absolute atomic E-state index is 0.0440. The summed E-state index contributed by atoms with van der Waals surface area (Å²) in [5.74, 6) is 1.80. The summed E-state index contributed by atoms with van der Waals surface area (Å²) < 4.78 is 0. The summed E-state index contributed by atoms with van der Waals surface area (Å²) in [7, 11) is 1.88. The van der Waals surface area contributed by atoms with Gasteiger partial charge in [-0.3, -0.25) is 0 Å². The molecule has 2 rings (SSSR count). The Labute approximate surface area is 90.5 Å². The average molecular weight is 206 g/mol. The number of nitrogens with one attached hydrogen (secondary N) is 2. The number of aryl methyl sites for hydroxylation is 1. The van der Waals surface area contributed by atoms with Crippen LogP contribution in [0, 0.1) is 6.92 Å². The molecule has 4 nitrogen and oxygen atoms in total. The van der Waals surface area contributed by atoms with Crippen LogP contribution in [0.25, 0.3) is 0 Å². The third kappa shape index (κ3) is 1.95. The summed E-state index contributed by atoms with van der Waals surface area (Å²) in [4.78, 5) is 9.04. The molecule has 0 spiro atoms. The zero-order chi connectivity index (χ0) is 10.9. The topological polar surface area (TPSA) is 49.8 Å². The first-order valence-corrected chi connectivity index (χ1v) is 5.43. The van der Waals surface area contributed by atoms with Gasteiger partial charge in [0.05, 0.1) is 5.54 Å². The monoisotopic (exact) mass is 206 g/mol. The highest BCUT2D eigenvalue weighted by Gasteiger charge is 2.33. The second-order valence-electron chi connectivity index (χ2n) is 4.33. The average Bonchev–Trinajstić information content (AvgIpc) is 2.65.